The molecule has 2 aromatic rings. The molecule has 3 rings (SSSR count). The van der Waals surface area contributed by atoms with Gasteiger partial charge in [-0.05, 0) is 49.9 Å². The third kappa shape index (κ3) is 7.37. The first-order chi connectivity index (χ1) is 17.0. The van der Waals surface area contributed by atoms with E-state index in [1.54, 1.807) is 6.07 Å². The predicted octanol–water partition coefficient (Wildman–Crippen LogP) is 4.93. The van der Waals surface area contributed by atoms with Gasteiger partial charge in [-0.25, -0.2) is 8.42 Å². The first kappa shape index (κ1) is 28.3. The minimum atomic E-state index is -3.89. The van der Waals surface area contributed by atoms with Crippen LogP contribution in [0.2, 0.25) is 10.0 Å². The number of nitrogens with one attached hydrogen (secondary N) is 1. The Morgan fingerprint density at radius 1 is 1.11 bits per heavy atom. The number of carbonyl (C=O) groups excluding carboxylic acids is 2. The van der Waals surface area contributed by atoms with Gasteiger partial charge in [0.05, 0.1) is 17.0 Å². The van der Waals surface area contributed by atoms with Gasteiger partial charge in [0.25, 0.3) is 0 Å². The molecule has 1 N–H and O–H groups in total. The summed E-state index contributed by atoms with van der Waals surface area (Å²) in [6, 6.07) is 11.5. The number of amides is 2. The summed E-state index contributed by atoms with van der Waals surface area (Å²) in [5.74, 6) is -0.733. The Bertz CT molecular complexity index is 1200. The van der Waals surface area contributed by atoms with Crippen LogP contribution in [0, 0.1) is 6.92 Å². The Kier molecular flexibility index (Phi) is 9.66. The summed E-state index contributed by atoms with van der Waals surface area (Å²) in [6.07, 6.45) is 5.36. The first-order valence-corrected chi connectivity index (χ1v) is 14.7. The molecule has 1 aliphatic carbocycles. The lowest BCUT2D eigenvalue weighted by atomic mass is 10.1. The molecule has 0 bridgehead atoms. The Morgan fingerprint density at radius 3 is 2.42 bits per heavy atom. The molecule has 1 atom stereocenters. The maximum absolute atomic E-state index is 13.8. The van der Waals surface area contributed by atoms with Gasteiger partial charge in [-0.3, -0.25) is 13.9 Å². The standard InChI is InChI=1S/C26H33Cl2N3O4S/c1-4-23(26(33)29-21-10-5-6-11-21)30(16-19-9-7-8-18(2)14-19)25(32)17-31(36(3,34)35)24-15-20(27)12-13-22(24)28/h7-9,12-15,21,23H,4-6,10-11,16-17H2,1-3H3,(H,29,33). The summed E-state index contributed by atoms with van der Waals surface area (Å²) in [5, 5.41) is 3.52. The molecule has 196 valence electrons. The predicted molar refractivity (Wildman–Crippen MR) is 145 cm³/mol. The second kappa shape index (κ2) is 12.3. The van der Waals surface area contributed by atoms with Gasteiger partial charge in [0.15, 0.2) is 0 Å². The molecule has 2 amide bonds. The molecule has 0 aliphatic heterocycles. The summed E-state index contributed by atoms with van der Waals surface area (Å²) in [4.78, 5) is 28.5. The molecular formula is C26H33Cl2N3O4S. The van der Waals surface area contributed by atoms with Crippen molar-refractivity contribution in [3.63, 3.8) is 0 Å². The number of hydrogen-bond acceptors (Lipinski definition) is 4. The van der Waals surface area contributed by atoms with Gasteiger partial charge in [0, 0.05) is 17.6 Å². The fourth-order valence-corrected chi connectivity index (χ4v) is 5.86. The fourth-order valence-electron chi connectivity index (χ4n) is 4.57. The van der Waals surface area contributed by atoms with Crippen LogP contribution in [-0.2, 0) is 26.2 Å². The number of sulfonamides is 1. The van der Waals surface area contributed by atoms with Crippen LogP contribution < -0.4 is 9.62 Å². The molecule has 1 fully saturated rings. The Balaban J connectivity index is 1.95. The first-order valence-electron chi connectivity index (χ1n) is 12.1. The zero-order chi connectivity index (χ0) is 26.5. The van der Waals surface area contributed by atoms with Crippen molar-refractivity contribution in [1.82, 2.24) is 10.2 Å². The van der Waals surface area contributed by atoms with E-state index < -0.39 is 28.5 Å². The summed E-state index contributed by atoms with van der Waals surface area (Å²) < 4.78 is 26.4. The maximum Gasteiger partial charge on any atom is 0.244 e. The zero-order valence-electron chi connectivity index (χ0n) is 20.8. The third-order valence-electron chi connectivity index (χ3n) is 6.38. The molecule has 0 heterocycles. The summed E-state index contributed by atoms with van der Waals surface area (Å²) in [7, 11) is -3.89. The minimum Gasteiger partial charge on any atom is -0.352 e. The monoisotopic (exact) mass is 553 g/mol. The van der Waals surface area contributed by atoms with Crippen LogP contribution in [0.1, 0.15) is 50.2 Å². The Hall–Kier alpha value is -2.29. The molecule has 0 aromatic heterocycles. The number of rotatable bonds is 10. The summed E-state index contributed by atoms with van der Waals surface area (Å²) in [5.41, 5.74) is 1.98. The smallest absolute Gasteiger partial charge is 0.244 e. The molecular weight excluding hydrogens is 521 g/mol. The van der Waals surface area contributed by atoms with Crippen molar-refractivity contribution in [2.75, 3.05) is 17.1 Å². The van der Waals surface area contributed by atoms with Gasteiger partial charge >= 0.3 is 0 Å². The Labute approximate surface area is 223 Å². The van der Waals surface area contributed by atoms with E-state index in [4.69, 9.17) is 23.2 Å². The summed E-state index contributed by atoms with van der Waals surface area (Å²) >= 11 is 12.4. The van der Waals surface area contributed by atoms with Crippen molar-refractivity contribution in [2.24, 2.45) is 0 Å². The second-order valence-corrected chi connectivity index (χ2v) is 12.0. The van der Waals surface area contributed by atoms with Gasteiger partial charge in [-0.2, -0.15) is 0 Å². The van der Waals surface area contributed by atoms with Crippen LogP contribution in [-0.4, -0.2) is 50.0 Å². The number of aryl methyl sites for hydroxylation is 1. The highest BCUT2D eigenvalue weighted by atomic mass is 35.5. The number of anilines is 1. The fraction of sp³-hybridized carbons (Fsp3) is 0.462. The Morgan fingerprint density at radius 2 is 1.81 bits per heavy atom. The quantitative estimate of drug-likeness (QED) is 0.451. The van der Waals surface area contributed by atoms with Crippen LogP contribution in [0.25, 0.3) is 0 Å². The highest BCUT2D eigenvalue weighted by Crippen LogP contribution is 2.31. The van der Waals surface area contributed by atoms with Gasteiger partial charge < -0.3 is 10.2 Å². The maximum atomic E-state index is 13.8. The average molecular weight is 555 g/mol. The number of hydrogen-bond donors (Lipinski definition) is 1. The largest absolute Gasteiger partial charge is 0.352 e. The van der Waals surface area contributed by atoms with Crippen LogP contribution in [0.15, 0.2) is 42.5 Å². The van der Waals surface area contributed by atoms with Crippen molar-refractivity contribution < 1.29 is 18.0 Å². The van der Waals surface area contributed by atoms with Gasteiger partial charge in [0.2, 0.25) is 21.8 Å². The van der Waals surface area contributed by atoms with E-state index in [-0.39, 0.29) is 34.2 Å². The van der Waals surface area contributed by atoms with E-state index >= 15 is 0 Å². The van der Waals surface area contributed by atoms with E-state index in [1.165, 1.54) is 17.0 Å². The second-order valence-electron chi connectivity index (χ2n) is 9.29. The molecule has 1 saturated carbocycles. The highest BCUT2D eigenvalue weighted by Gasteiger charge is 2.33. The van der Waals surface area contributed by atoms with Crippen LogP contribution >= 0.6 is 23.2 Å². The topological polar surface area (TPSA) is 86.8 Å². The van der Waals surface area contributed by atoms with Gasteiger partial charge in [-0.15, -0.1) is 0 Å². The van der Waals surface area contributed by atoms with Crippen LogP contribution in [0.4, 0.5) is 5.69 Å². The summed E-state index contributed by atoms with van der Waals surface area (Å²) in [6.45, 7) is 3.44. The molecule has 7 nitrogen and oxygen atoms in total. The molecule has 36 heavy (non-hydrogen) atoms. The average Bonchev–Trinajstić information content (AvgIpc) is 3.31. The lowest BCUT2D eigenvalue weighted by Crippen LogP contribution is -2.53. The van der Waals surface area contributed by atoms with E-state index in [1.807, 2.05) is 38.1 Å². The zero-order valence-corrected chi connectivity index (χ0v) is 23.2. The number of nitrogens with zero attached hydrogens (tertiary/aromatic N) is 2. The lowest BCUT2D eigenvalue weighted by Gasteiger charge is -2.33. The van der Waals surface area contributed by atoms with Crippen molar-refractivity contribution >= 4 is 50.7 Å². The molecule has 0 radical (unpaired) electrons. The molecule has 0 spiro atoms. The number of carbonyl (C=O) groups is 2. The molecule has 10 heteroatoms. The van der Waals surface area contributed by atoms with Crippen molar-refractivity contribution in [1.29, 1.82) is 0 Å². The highest BCUT2D eigenvalue weighted by molar-refractivity contribution is 7.92. The van der Waals surface area contributed by atoms with E-state index in [0.29, 0.717) is 6.42 Å². The van der Waals surface area contributed by atoms with Crippen molar-refractivity contribution in [3.8, 4) is 0 Å². The van der Waals surface area contributed by atoms with Crippen molar-refractivity contribution in [3.05, 3.63) is 63.6 Å². The SMILES string of the molecule is CCC(C(=O)NC1CCCC1)N(Cc1cccc(C)c1)C(=O)CN(c1cc(Cl)ccc1Cl)S(C)(=O)=O. The van der Waals surface area contributed by atoms with Gasteiger partial charge in [0.1, 0.15) is 12.6 Å². The van der Waals surface area contributed by atoms with E-state index in [2.05, 4.69) is 5.32 Å². The van der Waals surface area contributed by atoms with Crippen LogP contribution in [0.3, 0.4) is 0 Å². The minimum absolute atomic E-state index is 0.0975. The normalized spacial score (nSPS) is 14.9. The number of halogens is 2. The number of benzene rings is 2. The molecule has 0 saturated heterocycles. The van der Waals surface area contributed by atoms with E-state index in [0.717, 1.165) is 47.4 Å². The van der Waals surface area contributed by atoms with E-state index in [9.17, 15) is 18.0 Å². The van der Waals surface area contributed by atoms with Gasteiger partial charge in [-0.1, -0.05) is 72.8 Å². The molecule has 1 unspecified atom stereocenters. The van der Waals surface area contributed by atoms with Crippen molar-refractivity contribution in [2.45, 2.75) is 64.6 Å². The van der Waals surface area contributed by atoms with Crippen LogP contribution in [0.5, 0.6) is 0 Å². The lowest BCUT2D eigenvalue weighted by molar-refractivity contribution is -0.140. The molecule has 1 aliphatic rings. The molecule has 2 aromatic carbocycles. The third-order valence-corrected chi connectivity index (χ3v) is 8.06.